The molecule has 1 aliphatic rings. The van der Waals surface area contributed by atoms with Gasteiger partial charge in [-0.1, -0.05) is 80.1 Å². The van der Waals surface area contributed by atoms with Crippen LogP contribution in [0, 0.1) is 0 Å². The largest absolute Gasteiger partial charge is 0.350 e. The van der Waals surface area contributed by atoms with Crippen LogP contribution in [0.3, 0.4) is 0 Å². The predicted octanol–water partition coefficient (Wildman–Crippen LogP) is 6.50. The minimum absolute atomic E-state index is 0. The SMILES string of the molecule is CCCC.CCCC.CCCC.CSC1=CC=C=CN1.[Sn]. The number of allylic oxidation sites excluding steroid dienone is 2. The maximum atomic E-state index is 3.03. The molecule has 0 aromatic rings. The molecular formula is C18H37NSSn. The molecule has 21 heavy (non-hydrogen) atoms. The Morgan fingerprint density at radius 3 is 1.38 bits per heavy atom. The van der Waals surface area contributed by atoms with Crippen LogP contribution in [0.25, 0.3) is 0 Å². The zero-order valence-electron chi connectivity index (χ0n) is 15.4. The third kappa shape index (κ3) is 38.4. The van der Waals surface area contributed by atoms with Crippen molar-refractivity contribution in [3.05, 3.63) is 29.1 Å². The van der Waals surface area contributed by atoms with Crippen LogP contribution < -0.4 is 5.32 Å². The summed E-state index contributed by atoms with van der Waals surface area (Å²) in [6, 6.07) is 0. The fourth-order valence-electron chi connectivity index (χ4n) is 0.460. The van der Waals surface area contributed by atoms with Gasteiger partial charge in [-0.3, -0.25) is 0 Å². The molecule has 0 fully saturated rings. The van der Waals surface area contributed by atoms with Crippen molar-refractivity contribution >= 4 is 35.7 Å². The molecule has 0 aromatic carbocycles. The van der Waals surface area contributed by atoms with Crippen LogP contribution in [-0.2, 0) is 0 Å². The predicted molar refractivity (Wildman–Crippen MR) is 105 cm³/mol. The monoisotopic (exact) mass is 419 g/mol. The van der Waals surface area contributed by atoms with Crippen LogP contribution in [0.4, 0.5) is 0 Å². The molecule has 1 N–H and O–H groups in total. The van der Waals surface area contributed by atoms with Gasteiger partial charge in [-0.15, -0.1) is 17.5 Å². The Balaban J connectivity index is -0.0000000973. The van der Waals surface area contributed by atoms with Gasteiger partial charge in [0.15, 0.2) is 0 Å². The van der Waals surface area contributed by atoms with Crippen molar-refractivity contribution in [2.45, 2.75) is 80.1 Å². The normalized spacial score (nSPS) is 10.1. The zero-order valence-corrected chi connectivity index (χ0v) is 19.1. The molecule has 0 saturated carbocycles. The summed E-state index contributed by atoms with van der Waals surface area (Å²) in [5.74, 6) is 0. The van der Waals surface area contributed by atoms with Crippen LogP contribution in [0.2, 0.25) is 0 Å². The van der Waals surface area contributed by atoms with E-state index in [1.807, 2.05) is 18.4 Å². The van der Waals surface area contributed by atoms with Gasteiger partial charge in [0, 0.05) is 30.1 Å². The number of hydrogen-bond acceptors (Lipinski definition) is 2. The van der Waals surface area contributed by atoms with Crippen molar-refractivity contribution in [2.75, 3.05) is 6.26 Å². The maximum absolute atomic E-state index is 3.03. The number of unbranched alkanes of at least 4 members (excludes halogenated alkanes) is 3. The van der Waals surface area contributed by atoms with E-state index in [-0.39, 0.29) is 23.9 Å². The molecule has 1 heterocycles. The van der Waals surface area contributed by atoms with E-state index in [1.165, 1.54) is 43.6 Å². The quantitative estimate of drug-likeness (QED) is 0.413. The molecule has 1 nitrogen and oxygen atoms in total. The fourth-order valence-corrected chi connectivity index (χ4v) is 0.841. The van der Waals surface area contributed by atoms with Gasteiger partial charge in [-0.25, -0.2) is 0 Å². The number of rotatable bonds is 4. The average molecular weight is 418 g/mol. The first-order chi connectivity index (χ1) is 9.67. The summed E-state index contributed by atoms with van der Waals surface area (Å²) >= 11 is 1.69. The molecule has 0 aliphatic carbocycles. The second-order valence-corrected chi connectivity index (χ2v) is 5.21. The fraction of sp³-hybridized carbons (Fsp3) is 0.722. The van der Waals surface area contributed by atoms with Crippen LogP contribution in [0.5, 0.6) is 0 Å². The summed E-state index contributed by atoms with van der Waals surface area (Å²) in [6.45, 7) is 13.1. The van der Waals surface area contributed by atoms with Crippen molar-refractivity contribution in [3.8, 4) is 0 Å². The molecule has 0 spiro atoms. The Kier molecular flexibility index (Phi) is 44.9. The maximum Gasteiger partial charge on any atom is 0.0729 e. The van der Waals surface area contributed by atoms with Gasteiger partial charge in [-0.05, 0) is 18.4 Å². The molecule has 0 unspecified atom stereocenters. The van der Waals surface area contributed by atoms with Gasteiger partial charge < -0.3 is 5.32 Å². The van der Waals surface area contributed by atoms with Crippen molar-refractivity contribution in [3.63, 3.8) is 0 Å². The molecule has 0 saturated heterocycles. The summed E-state index contributed by atoms with van der Waals surface area (Å²) in [4.78, 5) is 0. The molecular weight excluding hydrogens is 381 g/mol. The molecule has 1 aliphatic heterocycles. The first kappa shape index (κ1) is 29.2. The molecule has 3 heteroatoms. The van der Waals surface area contributed by atoms with Crippen molar-refractivity contribution in [1.29, 1.82) is 0 Å². The third-order valence-electron chi connectivity index (χ3n) is 2.35. The molecule has 4 radical (unpaired) electrons. The second kappa shape index (κ2) is 32.2. The van der Waals surface area contributed by atoms with Gasteiger partial charge in [-0.2, -0.15) is 0 Å². The van der Waals surface area contributed by atoms with Crippen LogP contribution in [0.1, 0.15) is 80.1 Å². The van der Waals surface area contributed by atoms with Gasteiger partial charge in [0.25, 0.3) is 0 Å². The number of hydrogen-bond donors (Lipinski definition) is 1. The molecule has 0 atom stereocenters. The minimum Gasteiger partial charge on any atom is -0.350 e. The van der Waals surface area contributed by atoms with Crippen molar-refractivity contribution in [1.82, 2.24) is 5.32 Å². The number of thioether (sulfide) groups is 1. The van der Waals surface area contributed by atoms with Crippen LogP contribution >= 0.6 is 11.8 Å². The van der Waals surface area contributed by atoms with E-state index in [9.17, 15) is 0 Å². The van der Waals surface area contributed by atoms with E-state index >= 15 is 0 Å². The standard InChI is InChI=1S/C6H7NS.3C4H10.Sn/c1-8-6-4-2-3-5-7-6;3*1-3-4-2;/h2,4-5,7H,1H3;3*3-4H2,1-2H3;. The molecule has 1 rings (SSSR count). The van der Waals surface area contributed by atoms with E-state index in [2.05, 4.69) is 52.6 Å². The summed E-state index contributed by atoms with van der Waals surface area (Å²) in [7, 11) is 0. The van der Waals surface area contributed by atoms with Gasteiger partial charge in [0.2, 0.25) is 0 Å². The summed E-state index contributed by atoms with van der Waals surface area (Å²) < 4.78 is 0. The Labute approximate surface area is 156 Å². The summed E-state index contributed by atoms with van der Waals surface area (Å²) in [5, 5.41) is 4.20. The first-order valence-corrected chi connectivity index (χ1v) is 9.32. The Hall–Kier alpha value is 0.209. The molecule has 124 valence electrons. The molecule has 0 aromatic heterocycles. The summed E-state index contributed by atoms with van der Waals surface area (Å²) in [5.41, 5.74) is 2.90. The topological polar surface area (TPSA) is 12.0 Å². The Morgan fingerprint density at radius 1 is 0.857 bits per heavy atom. The smallest absolute Gasteiger partial charge is 0.0729 e. The van der Waals surface area contributed by atoms with E-state index in [0.29, 0.717) is 0 Å². The van der Waals surface area contributed by atoms with Crippen LogP contribution in [-0.4, -0.2) is 30.2 Å². The molecule has 0 amide bonds. The average Bonchev–Trinajstić information content (AvgIpc) is 2.56. The molecule has 0 bridgehead atoms. The summed E-state index contributed by atoms with van der Waals surface area (Å²) in [6.07, 6.45) is 15.6. The minimum atomic E-state index is 0. The second-order valence-electron chi connectivity index (χ2n) is 4.36. The van der Waals surface area contributed by atoms with E-state index < -0.39 is 0 Å². The number of nitrogens with one attached hydrogen (secondary N) is 1. The first-order valence-electron chi connectivity index (χ1n) is 8.09. The van der Waals surface area contributed by atoms with E-state index in [1.54, 1.807) is 18.0 Å². The van der Waals surface area contributed by atoms with Gasteiger partial charge in [0.1, 0.15) is 0 Å². The van der Waals surface area contributed by atoms with Gasteiger partial charge >= 0.3 is 0 Å². The Bertz CT molecular complexity index is 228. The Morgan fingerprint density at radius 2 is 1.24 bits per heavy atom. The van der Waals surface area contributed by atoms with E-state index in [0.717, 1.165) is 0 Å². The van der Waals surface area contributed by atoms with Crippen LogP contribution in [0.15, 0.2) is 29.1 Å². The van der Waals surface area contributed by atoms with E-state index in [4.69, 9.17) is 0 Å². The van der Waals surface area contributed by atoms with Crippen molar-refractivity contribution in [2.24, 2.45) is 0 Å². The zero-order chi connectivity index (χ0) is 16.1. The van der Waals surface area contributed by atoms with Crippen molar-refractivity contribution < 1.29 is 0 Å². The van der Waals surface area contributed by atoms with Gasteiger partial charge in [0.05, 0.1) is 5.03 Å². The third-order valence-corrected chi connectivity index (χ3v) is 3.04.